The monoisotopic (exact) mass is 285 g/mol. The number of hydrogen-bond donors (Lipinski definition) is 1. The number of carboxylic acids is 1. The Hall–Kier alpha value is -1.29. The largest absolute Gasteiger partial charge is 0.542 e. The van der Waals surface area contributed by atoms with Crippen LogP contribution in [0.3, 0.4) is 0 Å². The minimum absolute atomic E-state index is 0. The number of allylic oxidation sites excluding steroid dienone is 3. The van der Waals surface area contributed by atoms with Gasteiger partial charge in [0.2, 0.25) is 0 Å². The van der Waals surface area contributed by atoms with Gasteiger partial charge in [0.25, 0.3) is 0 Å². The normalized spacial score (nSPS) is 13.9. The number of hydrogen-bond acceptors (Lipinski definition) is 3. The Bertz CT molecular complexity index is 333. The summed E-state index contributed by atoms with van der Waals surface area (Å²) in [6.07, 6.45) is 8.50. The fraction of sp³-hybridized carbons (Fsp3) is 0.688. The Morgan fingerprint density at radius 1 is 1.25 bits per heavy atom. The van der Waals surface area contributed by atoms with Gasteiger partial charge in [-0.05, 0) is 30.8 Å². The second kappa shape index (κ2) is 11.5. The highest BCUT2D eigenvalue weighted by Gasteiger charge is 2.03. The molecule has 1 unspecified atom stereocenters. The van der Waals surface area contributed by atoms with Gasteiger partial charge >= 0.3 is 0 Å². The fourth-order valence-electron chi connectivity index (χ4n) is 1.95. The lowest BCUT2D eigenvalue weighted by atomic mass is 9.97. The molecule has 0 bridgehead atoms. The highest BCUT2D eigenvalue weighted by molar-refractivity contribution is 5.83. The Kier molecular flexibility index (Phi) is 12.1. The van der Waals surface area contributed by atoms with Crippen LogP contribution in [0.25, 0.3) is 0 Å². The zero-order chi connectivity index (χ0) is 14.8. The zero-order valence-electron chi connectivity index (χ0n) is 13.9. The predicted molar refractivity (Wildman–Crippen MR) is 82.3 cm³/mol. The van der Waals surface area contributed by atoms with E-state index in [0.29, 0.717) is 11.5 Å². The number of methoxy groups -OCH3 is 1. The number of ether oxygens (including phenoxy) is 1. The first-order valence-electron chi connectivity index (χ1n) is 7.01. The molecule has 0 aromatic rings. The van der Waals surface area contributed by atoms with Crippen LogP contribution < -0.4 is 11.3 Å². The van der Waals surface area contributed by atoms with E-state index < -0.39 is 5.97 Å². The maximum atomic E-state index is 10.7. The van der Waals surface area contributed by atoms with Gasteiger partial charge in [-0.3, -0.25) is 0 Å². The molecule has 0 amide bonds. The Morgan fingerprint density at radius 2 is 1.85 bits per heavy atom. The molecule has 0 saturated heterocycles. The Morgan fingerprint density at radius 3 is 2.30 bits per heavy atom. The fourth-order valence-corrected chi connectivity index (χ4v) is 1.95. The van der Waals surface area contributed by atoms with E-state index in [1.54, 1.807) is 13.0 Å². The van der Waals surface area contributed by atoms with Crippen molar-refractivity contribution in [2.45, 2.75) is 53.4 Å². The number of quaternary nitrogens is 1. The van der Waals surface area contributed by atoms with E-state index in [1.165, 1.54) is 26.4 Å². The van der Waals surface area contributed by atoms with E-state index in [9.17, 15) is 9.90 Å². The van der Waals surface area contributed by atoms with Gasteiger partial charge < -0.3 is 20.8 Å². The van der Waals surface area contributed by atoms with Gasteiger partial charge in [-0.2, -0.15) is 0 Å². The molecule has 0 rings (SSSR count). The molecule has 0 aromatic heterocycles. The Labute approximate surface area is 123 Å². The smallest absolute Gasteiger partial charge is 0.144 e. The van der Waals surface area contributed by atoms with Crippen LogP contribution in [0.15, 0.2) is 23.5 Å². The summed E-state index contributed by atoms with van der Waals surface area (Å²) in [6.45, 7) is 8.42. The molecule has 118 valence electrons. The van der Waals surface area contributed by atoms with Gasteiger partial charge in [-0.25, -0.2) is 0 Å². The second-order valence-corrected chi connectivity index (χ2v) is 5.57. The molecule has 0 aliphatic heterocycles. The SMILES string of the molecule is COC(C(=O)[O-])=C(C)C=CCC(C)CCCC(C)C.[NH4+]. The molecular weight excluding hydrogens is 254 g/mol. The van der Waals surface area contributed by atoms with Crippen molar-refractivity contribution in [1.29, 1.82) is 0 Å². The third-order valence-corrected chi connectivity index (χ3v) is 3.13. The summed E-state index contributed by atoms with van der Waals surface area (Å²) in [5, 5.41) is 10.7. The molecular formula is C16H31NO3. The quantitative estimate of drug-likeness (QED) is 0.400. The average molecular weight is 285 g/mol. The molecule has 4 nitrogen and oxygen atoms in total. The average Bonchev–Trinajstić information content (AvgIpc) is 2.28. The van der Waals surface area contributed by atoms with Crippen LogP contribution in [0.5, 0.6) is 0 Å². The highest BCUT2D eigenvalue weighted by Crippen LogP contribution is 2.16. The van der Waals surface area contributed by atoms with Crippen molar-refractivity contribution in [3.05, 3.63) is 23.5 Å². The minimum Gasteiger partial charge on any atom is -0.542 e. The summed E-state index contributed by atoms with van der Waals surface area (Å²) < 4.78 is 4.79. The van der Waals surface area contributed by atoms with Gasteiger partial charge in [0.15, 0.2) is 0 Å². The second-order valence-electron chi connectivity index (χ2n) is 5.57. The van der Waals surface area contributed by atoms with Crippen LogP contribution in [0.2, 0.25) is 0 Å². The van der Waals surface area contributed by atoms with Gasteiger partial charge in [0.1, 0.15) is 11.7 Å². The van der Waals surface area contributed by atoms with Crippen LogP contribution >= 0.6 is 0 Å². The molecule has 0 saturated carbocycles. The van der Waals surface area contributed by atoms with Crippen molar-refractivity contribution in [3.63, 3.8) is 0 Å². The van der Waals surface area contributed by atoms with Crippen molar-refractivity contribution >= 4 is 5.97 Å². The third kappa shape index (κ3) is 9.62. The molecule has 4 N–H and O–H groups in total. The summed E-state index contributed by atoms with van der Waals surface area (Å²) in [5.74, 6) is 0.0235. The first kappa shape index (κ1) is 21.0. The van der Waals surface area contributed by atoms with Crippen molar-refractivity contribution in [3.8, 4) is 0 Å². The number of carbonyl (C=O) groups is 1. The summed E-state index contributed by atoms with van der Waals surface area (Å²) in [5.41, 5.74) is 0.594. The van der Waals surface area contributed by atoms with E-state index in [2.05, 4.69) is 20.8 Å². The van der Waals surface area contributed by atoms with E-state index in [0.717, 1.165) is 12.3 Å². The molecule has 1 atom stereocenters. The van der Waals surface area contributed by atoms with E-state index in [4.69, 9.17) is 4.74 Å². The lowest BCUT2D eigenvalue weighted by Gasteiger charge is -2.11. The van der Waals surface area contributed by atoms with Gasteiger partial charge in [0.05, 0.1) is 7.11 Å². The molecule has 0 heterocycles. The number of carbonyl (C=O) groups excluding carboxylic acids is 1. The van der Waals surface area contributed by atoms with Gasteiger partial charge in [-0.15, -0.1) is 0 Å². The van der Waals surface area contributed by atoms with Crippen LogP contribution in [0, 0.1) is 11.8 Å². The molecule has 0 aromatic carbocycles. The summed E-state index contributed by atoms with van der Waals surface area (Å²) >= 11 is 0. The molecule has 0 aliphatic carbocycles. The summed E-state index contributed by atoms with van der Waals surface area (Å²) in [7, 11) is 1.34. The molecule has 0 aliphatic rings. The Balaban J connectivity index is 0. The van der Waals surface area contributed by atoms with E-state index in [1.807, 2.05) is 6.08 Å². The van der Waals surface area contributed by atoms with Crippen molar-refractivity contribution < 1.29 is 14.6 Å². The summed E-state index contributed by atoms with van der Waals surface area (Å²) in [4.78, 5) is 10.7. The third-order valence-electron chi connectivity index (χ3n) is 3.13. The van der Waals surface area contributed by atoms with Crippen molar-refractivity contribution in [2.24, 2.45) is 11.8 Å². The van der Waals surface area contributed by atoms with Crippen molar-refractivity contribution in [2.75, 3.05) is 7.11 Å². The predicted octanol–water partition coefficient (Wildman–Crippen LogP) is 3.44. The maximum absolute atomic E-state index is 10.7. The first-order chi connectivity index (χ1) is 8.88. The maximum Gasteiger partial charge on any atom is 0.144 e. The number of aliphatic carboxylic acids is 1. The van der Waals surface area contributed by atoms with Gasteiger partial charge in [0, 0.05) is 0 Å². The number of carboxylic acid groups (broad SMARTS) is 1. The highest BCUT2D eigenvalue weighted by atomic mass is 16.5. The lowest BCUT2D eigenvalue weighted by Crippen LogP contribution is -2.26. The van der Waals surface area contributed by atoms with Crippen LogP contribution in [0.4, 0.5) is 0 Å². The standard InChI is InChI=1S/C16H28O3.H3N/c1-12(2)8-6-9-13(3)10-7-11-14(4)15(19-5)16(17)18;/h7,11-13H,6,8-10H2,1-5H3,(H,17,18);1H3. The van der Waals surface area contributed by atoms with Crippen LogP contribution in [-0.2, 0) is 9.53 Å². The van der Waals surface area contributed by atoms with Crippen LogP contribution in [0.1, 0.15) is 53.4 Å². The molecule has 0 spiro atoms. The van der Waals surface area contributed by atoms with Gasteiger partial charge in [-0.1, -0.05) is 52.2 Å². The van der Waals surface area contributed by atoms with E-state index >= 15 is 0 Å². The molecule has 0 fully saturated rings. The van der Waals surface area contributed by atoms with Crippen LogP contribution in [-0.4, -0.2) is 13.1 Å². The first-order valence-corrected chi connectivity index (χ1v) is 7.01. The minimum atomic E-state index is -1.27. The topological polar surface area (TPSA) is 85.9 Å². The lowest BCUT2D eigenvalue weighted by molar-refractivity contribution is -0.303. The molecule has 4 heteroatoms. The number of rotatable bonds is 9. The van der Waals surface area contributed by atoms with E-state index in [-0.39, 0.29) is 11.9 Å². The molecule has 20 heavy (non-hydrogen) atoms. The molecule has 0 radical (unpaired) electrons. The van der Waals surface area contributed by atoms with Crippen molar-refractivity contribution in [1.82, 2.24) is 6.15 Å². The zero-order valence-corrected chi connectivity index (χ0v) is 13.9. The summed E-state index contributed by atoms with van der Waals surface area (Å²) in [6, 6.07) is 0.